The van der Waals surface area contributed by atoms with Crippen LogP contribution in [0.2, 0.25) is 5.02 Å². The number of amides is 1. The van der Waals surface area contributed by atoms with Gasteiger partial charge in [-0.2, -0.15) is 0 Å². The maximum atomic E-state index is 13.5. The summed E-state index contributed by atoms with van der Waals surface area (Å²) in [4.78, 5) is 24.6. The third-order valence-corrected chi connectivity index (χ3v) is 7.04. The van der Waals surface area contributed by atoms with Crippen molar-refractivity contribution in [2.75, 3.05) is 37.2 Å². The van der Waals surface area contributed by atoms with Crippen LogP contribution in [-0.4, -0.2) is 57.0 Å². The standard InChI is InChI=1S/C20H22ClN3O6S/c1-14-3-6-18(15(2)11-14)23(13-20(25)22-7-9-30-10-8-22)31(28,29)16-4-5-17(21)19(12-16)24(26)27/h3-6,11-12H,7-10,13H2,1-2H3. The molecular formula is C20H22ClN3O6S. The van der Waals surface area contributed by atoms with E-state index in [0.717, 1.165) is 22.0 Å². The van der Waals surface area contributed by atoms with Crippen LogP contribution in [0.3, 0.4) is 0 Å². The average molecular weight is 468 g/mol. The average Bonchev–Trinajstić information content (AvgIpc) is 2.73. The molecule has 31 heavy (non-hydrogen) atoms. The lowest BCUT2D eigenvalue weighted by atomic mass is 10.1. The minimum absolute atomic E-state index is 0.175. The monoisotopic (exact) mass is 467 g/mol. The molecule has 1 heterocycles. The summed E-state index contributed by atoms with van der Waals surface area (Å²) >= 11 is 5.84. The van der Waals surface area contributed by atoms with Crippen molar-refractivity contribution < 1.29 is 22.9 Å². The van der Waals surface area contributed by atoms with Crippen molar-refractivity contribution in [2.24, 2.45) is 0 Å². The molecule has 0 aliphatic carbocycles. The van der Waals surface area contributed by atoms with Crippen molar-refractivity contribution in [1.82, 2.24) is 4.90 Å². The highest BCUT2D eigenvalue weighted by Crippen LogP contribution is 2.32. The van der Waals surface area contributed by atoms with Crippen LogP contribution >= 0.6 is 11.6 Å². The molecule has 1 aliphatic rings. The van der Waals surface area contributed by atoms with E-state index in [1.54, 1.807) is 30.0 Å². The van der Waals surface area contributed by atoms with Crippen LogP contribution in [0.1, 0.15) is 11.1 Å². The highest BCUT2D eigenvalue weighted by molar-refractivity contribution is 7.92. The number of hydrogen-bond acceptors (Lipinski definition) is 6. The number of nitrogens with zero attached hydrogens (tertiary/aromatic N) is 3. The van der Waals surface area contributed by atoms with Gasteiger partial charge in [0.15, 0.2) is 0 Å². The van der Waals surface area contributed by atoms with Crippen molar-refractivity contribution in [2.45, 2.75) is 18.7 Å². The molecular weight excluding hydrogens is 446 g/mol. The van der Waals surface area contributed by atoms with Gasteiger partial charge in [-0.15, -0.1) is 0 Å². The molecule has 0 atom stereocenters. The Morgan fingerprint density at radius 1 is 1.19 bits per heavy atom. The molecule has 1 aliphatic heterocycles. The number of rotatable bonds is 6. The van der Waals surface area contributed by atoms with Crippen LogP contribution < -0.4 is 4.31 Å². The first-order valence-electron chi connectivity index (χ1n) is 9.50. The minimum atomic E-state index is -4.30. The van der Waals surface area contributed by atoms with E-state index in [-0.39, 0.29) is 15.8 Å². The Morgan fingerprint density at radius 2 is 1.87 bits per heavy atom. The number of aryl methyl sites for hydroxylation is 2. The number of benzene rings is 2. The third-order valence-electron chi connectivity index (χ3n) is 4.97. The Balaban J connectivity index is 2.07. The first-order chi connectivity index (χ1) is 14.6. The second kappa shape index (κ2) is 9.21. The quantitative estimate of drug-likeness (QED) is 0.477. The molecule has 0 aromatic heterocycles. The lowest BCUT2D eigenvalue weighted by Gasteiger charge is -2.31. The number of hydrogen-bond donors (Lipinski definition) is 0. The fraction of sp³-hybridized carbons (Fsp3) is 0.350. The molecule has 2 aromatic carbocycles. The second-order valence-corrected chi connectivity index (χ2v) is 9.43. The number of nitro groups is 1. The third kappa shape index (κ3) is 4.97. The van der Waals surface area contributed by atoms with Gasteiger partial charge in [0.1, 0.15) is 11.6 Å². The summed E-state index contributed by atoms with van der Waals surface area (Å²) in [5, 5.41) is 11.1. The first kappa shape index (κ1) is 23.0. The molecule has 9 nitrogen and oxygen atoms in total. The fourth-order valence-electron chi connectivity index (χ4n) is 3.34. The molecule has 0 N–H and O–H groups in total. The molecule has 0 radical (unpaired) electrons. The molecule has 0 saturated carbocycles. The number of morpholine rings is 1. The normalized spacial score (nSPS) is 14.4. The highest BCUT2D eigenvalue weighted by atomic mass is 35.5. The van der Waals surface area contributed by atoms with Crippen molar-refractivity contribution in [1.29, 1.82) is 0 Å². The van der Waals surface area contributed by atoms with Crippen LogP contribution in [0.5, 0.6) is 0 Å². The van der Waals surface area contributed by atoms with E-state index in [4.69, 9.17) is 16.3 Å². The van der Waals surface area contributed by atoms with Crippen LogP contribution in [0.15, 0.2) is 41.3 Å². The Bertz CT molecular complexity index is 1120. The zero-order valence-corrected chi connectivity index (χ0v) is 18.6. The van der Waals surface area contributed by atoms with Gasteiger partial charge in [0.25, 0.3) is 15.7 Å². The van der Waals surface area contributed by atoms with Gasteiger partial charge in [-0.3, -0.25) is 19.2 Å². The van der Waals surface area contributed by atoms with Gasteiger partial charge < -0.3 is 9.64 Å². The number of nitro benzene ring substituents is 1. The van der Waals surface area contributed by atoms with Crippen molar-refractivity contribution in [3.05, 3.63) is 62.7 Å². The highest BCUT2D eigenvalue weighted by Gasteiger charge is 2.32. The summed E-state index contributed by atoms with van der Waals surface area (Å²) in [6.07, 6.45) is 0. The molecule has 3 rings (SSSR count). The van der Waals surface area contributed by atoms with E-state index in [0.29, 0.717) is 37.6 Å². The van der Waals surface area contributed by atoms with Crippen LogP contribution in [-0.2, 0) is 19.6 Å². The summed E-state index contributed by atoms with van der Waals surface area (Å²) in [5.41, 5.74) is 1.38. The van der Waals surface area contributed by atoms with Crippen molar-refractivity contribution in [3.8, 4) is 0 Å². The van der Waals surface area contributed by atoms with E-state index < -0.39 is 27.2 Å². The number of halogens is 1. The molecule has 1 fully saturated rings. The predicted octanol–water partition coefficient (Wildman–Crippen LogP) is 2.92. The maximum absolute atomic E-state index is 13.5. The molecule has 0 spiro atoms. The van der Waals surface area contributed by atoms with Gasteiger partial charge in [-0.05, 0) is 37.6 Å². The van der Waals surface area contributed by atoms with Crippen LogP contribution in [0.4, 0.5) is 11.4 Å². The topological polar surface area (TPSA) is 110 Å². The van der Waals surface area contributed by atoms with E-state index in [9.17, 15) is 23.3 Å². The Morgan fingerprint density at radius 3 is 2.48 bits per heavy atom. The van der Waals surface area contributed by atoms with Crippen molar-refractivity contribution >= 4 is 38.9 Å². The largest absolute Gasteiger partial charge is 0.378 e. The SMILES string of the molecule is Cc1ccc(N(CC(=O)N2CCOCC2)S(=O)(=O)c2ccc(Cl)c([N+](=O)[O-])c2)c(C)c1. The van der Waals surface area contributed by atoms with Crippen LogP contribution in [0.25, 0.3) is 0 Å². The summed E-state index contributed by atoms with van der Waals surface area (Å²) in [6.45, 7) is 4.67. The van der Waals surface area contributed by atoms with Gasteiger partial charge in [-0.25, -0.2) is 8.42 Å². The molecule has 166 valence electrons. The Kier molecular flexibility index (Phi) is 6.83. The van der Waals surface area contributed by atoms with E-state index in [2.05, 4.69) is 0 Å². The van der Waals surface area contributed by atoms with Gasteiger partial charge in [-0.1, -0.05) is 29.3 Å². The number of anilines is 1. The number of sulfonamides is 1. The second-order valence-electron chi connectivity index (χ2n) is 7.17. The fourth-order valence-corrected chi connectivity index (χ4v) is 5.03. The summed E-state index contributed by atoms with van der Waals surface area (Å²) in [6, 6.07) is 8.44. The smallest absolute Gasteiger partial charge is 0.289 e. The Hall–Kier alpha value is -2.69. The molecule has 1 amide bonds. The van der Waals surface area contributed by atoms with E-state index in [1.165, 1.54) is 6.07 Å². The molecule has 2 aromatic rings. The molecule has 0 bridgehead atoms. The van der Waals surface area contributed by atoms with E-state index >= 15 is 0 Å². The zero-order valence-electron chi connectivity index (χ0n) is 17.1. The van der Waals surface area contributed by atoms with Crippen LogP contribution in [0, 0.1) is 24.0 Å². The summed E-state index contributed by atoms with van der Waals surface area (Å²) in [7, 11) is -4.30. The molecule has 1 saturated heterocycles. The molecule has 11 heteroatoms. The number of ether oxygens (including phenoxy) is 1. The van der Waals surface area contributed by atoms with Gasteiger partial charge in [0.05, 0.1) is 28.7 Å². The Labute approximate surface area is 185 Å². The maximum Gasteiger partial charge on any atom is 0.289 e. The molecule has 0 unspecified atom stereocenters. The lowest BCUT2D eigenvalue weighted by Crippen LogP contribution is -2.47. The van der Waals surface area contributed by atoms with Gasteiger partial charge >= 0.3 is 0 Å². The summed E-state index contributed by atoms with van der Waals surface area (Å²) < 4.78 is 33.3. The van der Waals surface area contributed by atoms with Gasteiger partial charge in [0.2, 0.25) is 5.91 Å². The van der Waals surface area contributed by atoms with E-state index in [1.807, 2.05) is 6.92 Å². The zero-order chi connectivity index (χ0) is 22.8. The van der Waals surface area contributed by atoms with Crippen molar-refractivity contribution in [3.63, 3.8) is 0 Å². The number of carbonyl (C=O) groups is 1. The first-order valence-corrected chi connectivity index (χ1v) is 11.3. The summed E-state index contributed by atoms with van der Waals surface area (Å²) in [5.74, 6) is -0.379. The van der Waals surface area contributed by atoms with Gasteiger partial charge in [0, 0.05) is 19.2 Å². The number of carbonyl (C=O) groups excluding carboxylic acids is 1. The predicted molar refractivity (Wildman–Crippen MR) is 116 cm³/mol. The minimum Gasteiger partial charge on any atom is -0.378 e. The lowest BCUT2D eigenvalue weighted by molar-refractivity contribution is -0.384.